The van der Waals surface area contributed by atoms with Crippen LogP contribution in [0.15, 0.2) is 84.9 Å². The SMILES string of the molecule is Cc1cccc2cc(-c3cc(-c4ccc5ccccc5c4)nc(Cl)n3)ccc12. The van der Waals surface area contributed by atoms with Gasteiger partial charge in [0.05, 0.1) is 11.4 Å². The molecular weight excluding hydrogens is 364 g/mol. The molecule has 5 rings (SSSR count). The molecule has 1 heterocycles. The quantitative estimate of drug-likeness (QED) is 0.306. The normalized spacial score (nSPS) is 11.2. The van der Waals surface area contributed by atoms with Crippen LogP contribution in [0.4, 0.5) is 0 Å². The summed E-state index contributed by atoms with van der Waals surface area (Å²) < 4.78 is 0. The van der Waals surface area contributed by atoms with Crippen molar-refractivity contribution in [3.63, 3.8) is 0 Å². The van der Waals surface area contributed by atoms with Crippen LogP contribution in [-0.4, -0.2) is 9.97 Å². The van der Waals surface area contributed by atoms with Crippen LogP contribution < -0.4 is 0 Å². The number of rotatable bonds is 2. The van der Waals surface area contributed by atoms with Crippen LogP contribution in [0.25, 0.3) is 44.1 Å². The molecule has 2 nitrogen and oxygen atoms in total. The average Bonchev–Trinajstić information content (AvgIpc) is 2.73. The Labute approximate surface area is 168 Å². The fourth-order valence-electron chi connectivity index (χ4n) is 3.67. The smallest absolute Gasteiger partial charge is 0.218 e. The molecule has 0 fully saturated rings. The number of hydrogen-bond acceptors (Lipinski definition) is 2. The molecule has 0 bridgehead atoms. The van der Waals surface area contributed by atoms with Gasteiger partial charge < -0.3 is 0 Å². The van der Waals surface area contributed by atoms with E-state index in [4.69, 9.17) is 11.6 Å². The van der Waals surface area contributed by atoms with Gasteiger partial charge in [0.2, 0.25) is 5.28 Å². The minimum absolute atomic E-state index is 0.255. The lowest BCUT2D eigenvalue weighted by Gasteiger charge is -2.09. The topological polar surface area (TPSA) is 25.8 Å². The van der Waals surface area contributed by atoms with Crippen molar-refractivity contribution in [2.45, 2.75) is 6.92 Å². The summed E-state index contributed by atoms with van der Waals surface area (Å²) in [6.07, 6.45) is 0. The molecule has 0 saturated carbocycles. The average molecular weight is 381 g/mol. The number of hydrogen-bond donors (Lipinski definition) is 0. The van der Waals surface area contributed by atoms with Gasteiger partial charge >= 0.3 is 0 Å². The van der Waals surface area contributed by atoms with E-state index < -0.39 is 0 Å². The molecule has 0 atom stereocenters. The predicted molar refractivity (Wildman–Crippen MR) is 118 cm³/mol. The van der Waals surface area contributed by atoms with Crippen molar-refractivity contribution in [3.05, 3.63) is 95.8 Å². The number of benzene rings is 4. The van der Waals surface area contributed by atoms with Crippen molar-refractivity contribution in [2.75, 3.05) is 0 Å². The van der Waals surface area contributed by atoms with Crippen LogP contribution in [0.3, 0.4) is 0 Å². The van der Waals surface area contributed by atoms with E-state index in [1.54, 1.807) is 0 Å². The molecular formula is C25H17ClN2. The molecule has 4 aromatic carbocycles. The summed E-state index contributed by atoms with van der Waals surface area (Å²) >= 11 is 6.29. The van der Waals surface area contributed by atoms with Gasteiger partial charge in [0, 0.05) is 11.1 Å². The second-order valence-corrected chi connectivity index (χ2v) is 7.32. The molecule has 0 spiro atoms. The summed E-state index contributed by atoms with van der Waals surface area (Å²) in [7, 11) is 0. The first-order valence-corrected chi connectivity index (χ1v) is 9.59. The second kappa shape index (κ2) is 6.74. The Balaban J connectivity index is 1.64. The van der Waals surface area contributed by atoms with Gasteiger partial charge in [0.1, 0.15) is 0 Å². The number of fused-ring (bicyclic) bond motifs is 2. The Morgan fingerprint density at radius 2 is 1.25 bits per heavy atom. The molecule has 3 heteroatoms. The Morgan fingerprint density at radius 1 is 0.607 bits per heavy atom. The van der Waals surface area contributed by atoms with Gasteiger partial charge in [-0.1, -0.05) is 66.7 Å². The number of aromatic nitrogens is 2. The molecule has 0 saturated heterocycles. The minimum atomic E-state index is 0.255. The van der Waals surface area contributed by atoms with Gasteiger partial charge in [0.15, 0.2) is 0 Å². The van der Waals surface area contributed by atoms with E-state index in [-0.39, 0.29) is 5.28 Å². The van der Waals surface area contributed by atoms with Gasteiger partial charge in [0.25, 0.3) is 0 Å². The number of aryl methyl sites for hydroxylation is 1. The highest BCUT2D eigenvalue weighted by Crippen LogP contribution is 2.30. The van der Waals surface area contributed by atoms with E-state index in [1.165, 1.54) is 27.1 Å². The van der Waals surface area contributed by atoms with E-state index in [0.717, 1.165) is 22.5 Å². The first kappa shape index (κ1) is 16.9. The molecule has 28 heavy (non-hydrogen) atoms. The molecule has 0 amide bonds. The van der Waals surface area contributed by atoms with Crippen molar-refractivity contribution in [1.29, 1.82) is 0 Å². The lowest BCUT2D eigenvalue weighted by molar-refractivity contribution is 1.18. The molecule has 1 aromatic heterocycles. The highest BCUT2D eigenvalue weighted by atomic mass is 35.5. The lowest BCUT2D eigenvalue weighted by Crippen LogP contribution is -1.92. The summed E-state index contributed by atoms with van der Waals surface area (Å²) in [5, 5.41) is 5.08. The van der Waals surface area contributed by atoms with Crippen molar-refractivity contribution >= 4 is 33.1 Å². The van der Waals surface area contributed by atoms with Gasteiger partial charge in [-0.15, -0.1) is 0 Å². The third-order valence-corrected chi connectivity index (χ3v) is 5.31. The second-order valence-electron chi connectivity index (χ2n) is 6.98. The minimum Gasteiger partial charge on any atom is -0.218 e. The molecule has 0 radical (unpaired) electrons. The highest BCUT2D eigenvalue weighted by molar-refractivity contribution is 6.28. The summed E-state index contributed by atoms with van der Waals surface area (Å²) in [4.78, 5) is 8.94. The van der Waals surface area contributed by atoms with E-state index in [1.807, 2.05) is 18.2 Å². The van der Waals surface area contributed by atoms with Crippen molar-refractivity contribution in [1.82, 2.24) is 9.97 Å². The zero-order valence-corrected chi connectivity index (χ0v) is 16.1. The zero-order chi connectivity index (χ0) is 19.1. The summed E-state index contributed by atoms with van der Waals surface area (Å²) in [5.41, 5.74) is 4.98. The first-order chi connectivity index (χ1) is 13.7. The molecule has 5 aromatic rings. The third kappa shape index (κ3) is 3.02. The highest BCUT2D eigenvalue weighted by Gasteiger charge is 2.09. The van der Waals surface area contributed by atoms with Crippen molar-refractivity contribution in [2.24, 2.45) is 0 Å². The van der Waals surface area contributed by atoms with E-state index >= 15 is 0 Å². The molecule has 134 valence electrons. The van der Waals surface area contributed by atoms with E-state index in [0.29, 0.717) is 0 Å². The van der Waals surface area contributed by atoms with Gasteiger partial charge in [-0.05, 0) is 63.8 Å². The zero-order valence-electron chi connectivity index (χ0n) is 15.4. The van der Waals surface area contributed by atoms with Crippen molar-refractivity contribution in [3.8, 4) is 22.5 Å². The lowest BCUT2D eigenvalue weighted by atomic mass is 10.0. The fraction of sp³-hybridized carbons (Fsp3) is 0.0400. The van der Waals surface area contributed by atoms with Gasteiger partial charge in [-0.2, -0.15) is 0 Å². The monoisotopic (exact) mass is 380 g/mol. The summed E-state index contributed by atoms with van der Waals surface area (Å²) in [6, 6.07) is 29.4. The van der Waals surface area contributed by atoms with Crippen LogP contribution in [0, 0.1) is 6.92 Å². The van der Waals surface area contributed by atoms with Crippen LogP contribution in [-0.2, 0) is 0 Å². The van der Waals surface area contributed by atoms with Crippen molar-refractivity contribution < 1.29 is 0 Å². The number of nitrogens with zero attached hydrogens (tertiary/aromatic N) is 2. The summed E-state index contributed by atoms with van der Waals surface area (Å²) in [6.45, 7) is 2.13. The van der Waals surface area contributed by atoms with Crippen LogP contribution in [0.1, 0.15) is 5.56 Å². The van der Waals surface area contributed by atoms with E-state index in [9.17, 15) is 0 Å². The maximum atomic E-state index is 6.29. The third-order valence-electron chi connectivity index (χ3n) is 5.14. The summed E-state index contributed by atoms with van der Waals surface area (Å²) in [5.74, 6) is 0. The van der Waals surface area contributed by atoms with E-state index in [2.05, 4.69) is 83.6 Å². The molecule has 0 aliphatic rings. The first-order valence-electron chi connectivity index (χ1n) is 9.21. The van der Waals surface area contributed by atoms with Crippen LogP contribution >= 0.6 is 11.6 Å². The van der Waals surface area contributed by atoms with Gasteiger partial charge in [-0.3, -0.25) is 0 Å². The molecule has 0 unspecified atom stereocenters. The van der Waals surface area contributed by atoms with Gasteiger partial charge in [-0.25, -0.2) is 9.97 Å². The Morgan fingerprint density at radius 3 is 2.04 bits per heavy atom. The maximum Gasteiger partial charge on any atom is 0.223 e. The largest absolute Gasteiger partial charge is 0.223 e. The molecule has 0 aliphatic heterocycles. The maximum absolute atomic E-state index is 6.29. The Bertz CT molecular complexity index is 1340. The molecule has 0 N–H and O–H groups in total. The predicted octanol–water partition coefficient (Wildman–Crippen LogP) is 7.08. The standard InChI is InChI=1S/C25H17ClN2/c1-16-5-4-8-19-14-21(11-12-22(16)19)24-15-23(27-25(26)28-24)20-10-9-17-6-2-3-7-18(17)13-20/h2-15H,1H3. The van der Waals surface area contributed by atoms with Crippen LogP contribution in [0.5, 0.6) is 0 Å². The van der Waals surface area contributed by atoms with Crippen LogP contribution in [0.2, 0.25) is 5.28 Å². The number of halogens is 1. The molecule has 0 aliphatic carbocycles. The fourth-order valence-corrected chi connectivity index (χ4v) is 3.85. The Kier molecular flexibility index (Phi) is 4.07. The Hall–Kier alpha value is -3.23.